The highest BCUT2D eigenvalue weighted by Gasteiger charge is 2.41. The zero-order chi connectivity index (χ0) is 29.0. The summed E-state index contributed by atoms with van der Waals surface area (Å²) < 4.78 is 48.0. The van der Waals surface area contributed by atoms with Crippen LogP contribution >= 0.6 is 11.6 Å². The van der Waals surface area contributed by atoms with Gasteiger partial charge in [0, 0.05) is 29.7 Å². The van der Waals surface area contributed by atoms with E-state index in [4.69, 9.17) is 16.3 Å². The SMILES string of the molecule is CC[C@@H]1CC(N(Cc2cc(Cl)cc(C(F)(F)F)c2)c2ncc(-n3cnnc3)cn2)C[C@H](CC)N1C(=O)OC(C)C. The molecule has 1 saturated heterocycles. The molecule has 13 heteroatoms. The first-order valence-electron chi connectivity index (χ1n) is 13.3. The largest absolute Gasteiger partial charge is 0.447 e. The molecule has 0 spiro atoms. The van der Waals surface area contributed by atoms with Gasteiger partial charge in [-0.1, -0.05) is 25.4 Å². The topological polar surface area (TPSA) is 89.3 Å². The molecule has 1 aliphatic rings. The van der Waals surface area contributed by atoms with E-state index in [1.165, 1.54) is 18.7 Å². The van der Waals surface area contributed by atoms with Crippen LogP contribution in [0.3, 0.4) is 0 Å². The Morgan fingerprint density at radius 3 is 2.20 bits per heavy atom. The molecular formula is C27H33ClF3N7O2. The standard InChI is InChI=1S/C27H33ClF3N7O2/c1-5-21-10-23(11-22(6-2)38(21)26(39)40-17(3)4)37(14-18-7-19(27(29,30)31)9-20(28)8-18)25-32-12-24(13-33-25)36-15-34-35-16-36/h7-9,12-13,15-17,21-23H,5-6,10-11,14H2,1-4H3/t21-,22+,23?. The van der Waals surface area contributed by atoms with Crippen molar-refractivity contribution < 1.29 is 22.7 Å². The number of rotatable bonds is 8. The molecule has 0 N–H and O–H groups in total. The van der Waals surface area contributed by atoms with Crippen LogP contribution < -0.4 is 4.90 Å². The summed E-state index contributed by atoms with van der Waals surface area (Å²) in [6.45, 7) is 7.75. The maximum Gasteiger partial charge on any atom is 0.416 e. The molecule has 3 atom stereocenters. The summed E-state index contributed by atoms with van der Waals surface area (Å²) in [5.74, 6) is 0.360. The Morgan fingerprint density at radius 2 is 1.68 bits per heavy atom. The maximum absolute atomic E-state index is 13.6. The van der Waals surface area contributed by atoms with Crippen LogP contribution in [-0.2, 0) is 17.5 Å². The summed E-state index contributed by atoms with van der Waals surface area (Å²) in [6, 6.07) is 3.14. The number of nitrogens with zero attached hydrogens (tertiary/aromatic N) is 7. The zero-order valence-corrected chi connectivity index (χ0v) is 23.6. The van der Waals surface area contributed by atoms with Gasteiger partial charge in [-0.15, -0.1) is 10.2 Å². The number of likely N-dealkylation sites (tertiary alicyclic amines) is 1. The van der Waals surface area contributed by atoms with E-state index in [2.05, 4.69) is 20.2 Å². The van der Waals surface area contributed by atoms with Crippen LogP contribution in [0.2, 0.25) is 5.02 Å². The summed E-state index contributed by atoms with van der Waals surface area (Å²) in [5, 5.41) is 7.59. The van der Waals surface area contributed by atoms with Crippen molar-refractivity contribution in [1.29, 1.82) is 0 Å². The first-order valence-corrected chi connectivity index (χ1v) is 13.7. The molecule has 3 aromatic rings. The average molecular weight is 580 g/mol. The molecule has 216 valence electrons. The van der Waals surface area contributed by atoms with Gasteiger partial charge in [-0.2, -0.15) is 13.2 Å². The van der Waals surface area contributed by atoms with Crippen LogP contribution in [0.15, 0.2) is 43.2 Å². The molecule has 0 saturated carbocycles. The van der Waals surface area contributed by atoms with Gasteiger partial charge in [0.2, 0.25) is 5.95 Å². The van der Waals surface area contributed by atoms with Crippen LogP contribution in [0.5, 0.6) is 0 Å². The molecule has 0 radical (unpaired) electrons. The van der Waals surface area contributed by atoms with E-state index in [9.17, 15) is 18.0 Å². The molecule has 0 aliphatic carbocycles. The number of alkyl halides is 3. The average Bonchev–Trinajstić information content (AvgIpc) is 3.45. The van der Waals surface area contributed by atoms with Crippen molar-refractivity contribution in [1.82, 2.24) is 29.6 Å². The monoisotopic (exact) mass is 579 g/mol. The smallest absolute Gasteiger partial charge is 0.416 e. The Labute approximate surface area is 236 Å². The second kappa shape index (κ2) is 12.4. The molecule has 1 fully saturated rings. The quantitative estimate of drug-likeness (QED) is 0.309. The minimum absolute atomic E-state index is 0.00207. The fourth-order valence-corrected chi connectivity index (χ4v) is 5.44. The molecule has 3 heterocycles. The highest BCUT2D eigenvalue weighted by Crippen LogP contribution is 2.35. The number of amides is 1. The van der Waals surface area contributed by atoms with Crippen LogP contribution in [0.4, 0.5) is 23.9 Å². The molecule has 1 aliphatic heterocycles. The maximum atomic E-state index is 13.6. The fraction of sp³-hybridized carbons (Fsp3) is 0.519. The lowest BCUT2D eigenvalue weighted by atomic mass is 9.87. The summed E-state index contributed by atoms with van der Waals surface area (Å²) in [4.78, 5) is 25.9. The molecule has 9 nitrogen and oxygen atoms in total. The Hall–Kier alpha value is -3.41. The van der Waals surface area contributed by atoms with Crippen LogP contribution in [0.25, 0.3) is 5.69 Å². The summed E-state index contributed by atoms with van der Waals surface area (Å²) in [6.07, 6.45) is 3.65. The Kier molecular flexibility index (Phi) is 9.17. The predicted molar refractivity (Wildman–Crippen MR) is 144 cm³/mol. The van der Waals surface area contributed by atoms with Crippen LogP contribution in [-0.4, -0.2) is 60.0 Å². The zero-order valence-electron chi connectivity index (χ0n) is 22.8. The van der Waals surface area contributed by atoms with Crippen molar-refractivity contribution in [2.75, 3.05) is 4.90 Å². The van der Waals surface area contributed by atoms with Gasteiger partial charge >= 0.3 is 12.3 Å². The van der Waals surface area contributed by atoms with Gasteiger partial charge in [-0.25, -0.2) is 14.8 Å². The third kappa shape index (κ3) is 6.83. The first-order chi connectivity index (χ1) is 19.0. The lowest BCUT2D eigenvalue weighted by molar-refractivity contribution is -0.137. The molecule has 0 bridgehead atoms. The van der Waals surface area contributed by atoms with Crippen molar-refractivity contribution >= 4 is 23.6 Å². The van der Waals surface area contributed by atoms with E-state index in [0.717, 1.165) is 12.1 Å². The number of benzene rings is 1. The van der Waals surface area contributed by atoms with E-state index < -0.39 is 11.7 Å². The third-order valence-corrected chi connectivity index (χ3v) is 7.26. The van der Waals surface area contributed by atoms with Gasteiger partial charge in [-0.3, -0.25) is 4.57 Å². The Balaban J connectivity index is 1.70. The molecule has 2 aromatic heterocycles. The molecule has 1 aromatic carbocycles. The highest BCUT2D eigenvalue weighted by molar-refractivity contribution is 6.30. The van der Waals surface area contributed by atoms with Crippen LogP contribution in [0.1, 0.15) is 64.5 Å². The van der Waals surface area contributed by atoms with E-state index in [-0.39, 0.29) is 41.9 Å². The molecule has 40 heavy (non-hydrogen) atoms. The van der Waals surface area contributed by atoms with Gasteiger partial charge in [-0.05, 0) is 63.3 Å². The predicted octanol–water partition coefficient (Wildman–Crippen LogP) is 6.30. The van der Waals surface area contributed by atoms with Gasteiger partial charge < -0.3 is 14.5 Å². The summed E-state index contributed by atoms with van der Waals surface area (Å²) >= 11 is 6.11. The highest BCUT2D eigenvalue weighted by atomic mass is 35.5. The molecular weight excluding hydrogens is 547 g/mol. The molecule has 4 rings (SSSR count). The lowest BCUT2D eigenvalue weighted by Crippen LogP contribution is -2.57. The number of halogens is 4. The minimum atomic E-state index is -4.54. The van der Waals surface area contributed by atoms with Crippen molar-refractivity contribution in [2.45, 2.75) is 90.3 Å². The van der Waals surface area contributed by atoms with Crippen LogP contribution in [0, 0.1) is 0 Å². The van der Waals surface area contributed by atoms with Crippen molar-refractivity contribution in [3.63, 3.8) is 0 Å². The van der Waals surface area contributed by atoms with Crippen molar-refractivity contribution in [3.8, 4) is 5.69 Å². The second-order valence-electron chi connectivity index (χ2n) is 10.2. The van der Waals surface area contributed by atoms with Crippen molar-refractivity contribution in [2.24, 2.45) is 0 Å². The number of aromatic nitrogens is 5. The van der Waals surface area contributed by atoms with E-state index in [0.29, 0.717) is 42.9 Å². The number of ether oxygens (including phenoxy) is 1. The van der Waals surface area contributed by atoms with E-state index in [1.54, 1.807) is 17.0 Å². The first kappa shape index (κ1) is 29.6. The Morgan fingerprint density at radius 1 is 1.07 bits per heavy atom. The lowest BCUT2D eigenvalue weighted by Gasteiger charge is -2.47. The number of carbonyl (C=O) groups excluding carboxylic acids is 1. The van der Waals surface area contributed by atoms with E-state index >= 15 is 0 Å². The fourth-order valence-electron chi connectivity index (χ4n) is 5.19. The third-order valence-electron chi connectivity index (χ3n) is 7.04. The normalized spacial score (nSPS) is 19.6. The number of hydrogen-bond donors (Lipinski definition) is 0. The number of hydrogen-bond acceptors (Lipinski definition) is 7. The summed E-state index contributed by atoms with van der Waals surface area (Å²) in [7, 11) is 0. The van der Waals surface area contributed by atoms with Gasteiger partial charge in [0.15, 0.2) is 0 Å². The molecule has 1 unspecified atom stereocenters. The molecule has 1 amide bonds. The van der Waals surface area contributed by atoms with Gasteiger partial charge in [0.1, 0.15) is 12.7 Å². The van der Waals surface area contributed by atoms with E-state index in [1.807, 2.05) is 37.5 Å². The summed E-state index contributed by atoms with van der Waals surface area (Å²) in [5.41, 5.74) is 0.205. The Bertz CT molecular complexity index is 1260. The number of carbonyl (C=O) groups is 1. The van der Waals surface area contributed by atoms with Gasteiger partial charge in [0.25, 0.3) is 0 Å². The minimum Gasteiger partial charge on any atom is -0.447 e. The van der Waals surface area contributed by atoms with Crippen molar-refractivity contribution in [3.05, 3.63) is 59.4 Å². The second-order valence-corrected chi connectivity index (χ2v) is 10.6. The number of anilines is 1. The van der Waals surface area contributed by atoms with Gasteiger partial charge in [0.05, 0.1) is 29.7 Å². The number of piperidine rings is 1.